The van der Waals surface area contributed by atoms with Crippen molar-refractivity contribution in [3.05, 3.63) is 46.0 Å². The van der Waals surface area contributed by atoms with Gasteiger partial charge in [-0.05, 0) is 32.0 Å². The molecule has 94 valence electrons. The van der Waals surface area contributed by atoms with Crippen molar-refractivity contribution in [2.75, 3.05) is 0 Å². The van der Waals surface area contributed by atoms with Crippen LogP contribution in [0, 0.1) is 19.7 Å². The van der Waals surface area contributed by atoms with E-state index in [2.05, 4.69) is 5.10 Å². The largest absolute Gasteiger partial charge is 0.389 e. The standard InChI is InChI=1S/C12H11ClFN3S/c1-6-11(13)7(2)17(16-6)10-4-3-8(12(15)18)5-9(10)14/h3-5H,1-2H3,(H2,15,18). The quantitative estimate of drug-likeness (QED) is 0.862. The molecule has 2 rings (SSSR count). The third-order valence-corrected chi connectivity index (χ3v) is 3.45. The first-order valence-electron chi connectivity index (χ1n) is 5.23. The molecule has 3 nitrogen and oxygen atoms in total. The van der Waals surface area contributed by atoms with Crippen LogP contribution in [0.2, 0.25) is 5.02 Å². The van der Waals surface area contributed by atoms with Gasteiger partial charge >= 0.3 is 0 Å². The van der Waals surface area contributed by atoms with Gasteiger partial charge in [-0.1, -0.05) is 23.8 Å². The Bertz CT molecular complexity index is 636. The SMILES string of the molecule is Cc1nn(-c2ccc(C(N)=S)cc2F)c(C)c1Cl. The maximum absolute atomic E-state index is 14.0. The minimum Gasteiger partial charge on any atom is -0.389 e. The van der Waals surface area contributed by atoms with Crippen LogP contribution in [-0.4, -0.2) is 14.8 Å². The molecule has 0 bridgehead atoms. The Labute approximate surface area is 114 Å². The van der Waals surface area contributed by atoms with E-state index in [0.29, 0.717) is 27.7 Å². The van der Waals surface area contributed by atoms with Crippen LogP contribution in [-0.2, 0) is 0 Å². The molecule has 0 amide bonds. The van der Waals surface area contributed by atoms with Crippen molar-refractivity contribution >= 4 is 28.8 Å². The summed E-state index contributed by atoms with van der Waals surface area (Å²) >= 11 is 10.8. The lowest BCUT2D eigenvalue weighted by Gasteiger charge is -2.07. The minimum atomic E-state index is -0.442. The van der Waals surface area contributed by atoms with Crippen LogP contribution >= 0.6 is 23.8 Å². The van der Waals surface area contributed by atoms with E-state index in [1.54, 1.807) is 26.0 Å². The van der Waals surface area contributed by atoms with Crippen LogP contribution in [0.1, 0.15) is 17.0 Å². The average molecular weight is 284 g/mol. The Kier molecular flexibility index (Phi) is 3.36. The summed E-state index contributed by atoms with van der Waals surface area (Å²) < 4.78 is 15.5. The number of hydrogen-bond donors (Lipinski definition) is 1. The zero-order valence-electron chi connectivity index (χ0n) is 9.87. The van der Waals surface area contributed by atoms with E-state index >= 15 is 0 Å². The van der Waals surface area contributed by atoms with Crippen molar-refractivity contribution in [3.8, 4) is 5.69 Å². The van der Waals surface area contributed by atoms with E-state index in [1.807, 2.05) is 0 Å². The molecule has 0 fully saturated rings. The highest BCUT2D eigenvalue weighted by Crippen LogP contribution is 2.24. The van der Waals surface area contributed by atoms with Crippen molar-refractivity contribution in [1.29, 1.82) is 0 Å². The molecule has 0 aliphatic rings. The van der Waals surface area contributed by atoms with E-state index in [0.717, 1.165) is 0 Å². The molecule has 2 N–H and O–H groups in total. The fourth-order valence-corrected chi connectivity index (χ4v) is 1.93. The minimum absolute atomic E-state index is 0.159. The number of thiocarbonyl (C=S) groups is 1. The lowest BCUT2D eigenvalue weighted by molar-refractivity contribution is 0.607. The average Bonchev–Trinajstić information content (AvgIpc) is 2.57. The number of benzene rings is 1. The van der Waals surface area contributed by atoms with E-state index in [4.69, 9.17) is 29.6 Å². The van der Waals surface area contributed by atoms with E-state index in [-0.39, 0.29) is 4.99 Å². The fraction of sp³-hybridized carbons (Fsp3) is 0.167. The predicted octanol–water partition coefficient (Wildman–Crippen LogP) is 2.92. The van der Waals surface area contributed by atoms with Gasteiger partial charge in [0, 0.05) is 5.56 Å². The summed E-state index contributed by atoms with van der Waals surface area (Å²) in [5, 5.41) is 4.73. The molecule has 2 aromatic rings. The Morgan fingerprint density at radius 3 is 2.56 bits per heavy atom. The van der Waals surface area contributed by atoms with Gasteiger partial charge in [-0.25, -0.2) is 9.07 Å². The first kappa shape index (κ1) is 13.0. The number of hydrogen-bond acceptors (Lipinski definition) is 2. The van der Waals surface area contributed by atoms with Crippen molar-refractivity contribution in [3.63, 3.8) is 0 Å². The molecule has 0 saturated heterocycles. The summed E-state index contributed by atoms with van der Waals surface area (Å²) in [6.45, 7) is 3.55. The summed E-state index contributed by atoms with van der Waals surface area (Å²) in [6.07, 6.45) is 0. The summed E-state index contributed by atoms with van der Waals surface area (Å²) in [5.74, 6) is -0.442. The molecule has 0 spiro atoms. The van der Waals surface area contributed by atoms with E-state index < -0.39 is 5.82 Å². The van der Waals surface area contributed by atoms with Gasteiger partial charge in [-0.2, -0.15) is 5.10 Å². The van der Waals surface area contributed by atoms with Gasteiger partial charge < -0.3 is 5.73 Å². The van der Waals surface area contributed by atoms with Crippen molar-refractivity contribution in [1.82, 2.24) is 9.78 Å². The number of aromatic nitrogens is 2. The normalized spacial score (nSPS) is 10.7. The van der Waals surface area contributed by atoms with E-state index in [1.165, 1.54) is 10.7 Å². The second-order valence-corrected chi connectivity index (χ2v) is 4.74. The number of rotatable bonds is 2. The van der Waals surface area contributed by atoms with E-state index in [9.17, 15) is 4.39 Å². The summed E-state index contributed by atoms with van der Waals surface area (Å²) in [4.78, 5) is 0.159. The lowest BCUT2D eigenvalue weighted by atomic mass is 10.2. The molecule has 1 aromatic heterocycles. The fourth-order valence-electron chi connectivity index (χ4n) is 1.69. The highest BCUT2D eigenvalue weighted by molar-refractivity contribution is 7.80. The molecule has 0 aliphatic heterocycles. The molecule has 0 saturated carbocycles. The monoisotopic (exact) mass is 283 g/mol. The number of nitrogens with two attached hydrogens (primary N) is 1. The Morgan fingerprint density at radius 1 is 1.44 bits per heavy atom. The first-order valence-corrected chi connectivity index (χ1v) is 6.02. The summed E-state index contributed by atoms with van der Waals surface area (Å²) in [6, 6.07) is 4.53. The van der Waals surface area contributed by atoms with Crippen LogP contribution in [0.15, 0.2) is 18.2 Å². The Balaban J connectivity index is 2.58. The Hall–Kier alpha value is -1.46. The molecule has 0 aliphatic carbocycles. The molecule has 1 aromatic carbocycles. The van der Waals surface area contributed by atoms with Gasteiger partial charge in [0.15, 0.2) is 0 Å². The van der Waals surface area contributed by atoms with Gasteiger partial charge in [0.25, 0.3) is 0 Å². The lowest BCUT2D eigenvalue weighted by Crippen LogP contribution is -2.11. The zero-order chi connectivity index (χ0) is 13.4. The molecule has 18 heavy (non-hydrogen) atoms. The van der Waals surface area contributed by atoms with Crippen LogP contribution in [0.4, 0.5) is 4.39 Å². The van der Waals surface area contributed by atoms with Gasteiger partial charge in [0.2, 0.25) is 0 Å². The molecule has 0 radical (unpaired) electrons. The second-order valence-electron chi connectivity index (χ2n) is 3.93. The molecule has 6 heteroatoms. The molecular formula is C12H11ClFN3S. The summed E-state index contributed by atoms with van der Waals surface area (Å²) in [7, 11) is 0. The van der Waals surface area contributed by atoms with Crippen molar-refractivity contribution in [2.24, 2.45) is 5.73 Å². The number of nitrogens with zero attached hydrogens (tertiary/aromatic N) is 2. The zero-order valence-corrected chi connectivity index (χ0v) is 11.4. The predicted molar refractivity (Wildman–Crippen MR) is 73.9 cm³/mol. The van der Waals surface area contributed by atoms with Gasteiger partial charge in [-0.3, -0.25) is 0 Å². The third kappa shape index (κ3) is 2.11. The maximum atomic E-state index is 14.0. The van der Waals surface area contributed by atoms with Gasteiger partial charge in [0.05, 0.1) is 16.4 Å². The highest BCUT2D eigenvalue weighted by Gasteiger charge is 2.14. The second kappa shape index (κ2) is 4.66. The van der Waals surface area contributed by atoms with Crippen molar-refractivity contribution < 1.29 is 4.39 Å². The van der Waals surface area contributed by atoms with Crippen LogP contribution < -0.4 is 5.73 Å². The van der Waals surface area contributed by atoms with Crippen LogP contribution in [0.3, 0.4) is 0 Å². The third-order valence-electron chi connectivity index (χ3n) is 2.66. The molecule has 0 unspecified atom stereocenters. The highest BCUT2D eigenvalue weighted by atomic mass is 35.5. The summed E-state index contributed by atoms with van der Waals surface area (Å²) in [5.41, 5.74) is 7.61. The smallest absolute Gasteiger partial charge is 0.149 e. The van der Waals surface area contributed by atoms with Crippen molar-refractivity contribution in [2.45, 2.75) is 13.8 Å². The van der Waals surface area contributed by atoms with Crippen LogP contribution in [0.5, 0.6) is 0 Å². The maximum Gasteiger partial charge on any atom is 0.149 e. The first-order chi connectivity index (χ1) is 8.41. The number of aryl methyl sites for hydroxylation is 1. The van der Waals surface area contributed by atoms with Gasteiger partial charge in [0.1, 0.15) is 16.5 Å². The molecular weight excluding hydrogens is 273 g/mol. The topological polar surface area (TPSA) is 43.8 Å². The molecule has 0 atom stereocenters. The molecule has 1 heterocycles. The number of halogens is 2. The van der Waals surface area contributed by atoms with Gasteiger partial charge in [-0.15, -0.1) is 0 Å². The van der Waals surface area contributed by atoms with Crippen LogP contribution in [0.25, 0.3) is 5.69 Å². The Morgan fingerprint density at radius 2 is 2.11 bits per heavy atom.